The Kier molecular flexibility index (Phi) is 8.16. The molecule has 1 N–H and O–H groups in total. The number of hydrogen-bond donors (Lipinski definition) is 1. The van der Waals surface area contributed by atoms with Crippen LogP contribution in [-0.4, -0.2) is 32.5 Å². The van der Waals surface area contributed by atoms with Crippen LogP contribution in [0.25, 0.3) is 11.4 Å². The number of hydrogen-bond acceptors (Lipinski definition) is 4. The number of rotatable bonds is 10. The first-order valence-electron chi connectivity index (χ1n) is 9.48. The second kappa shape index (κ2) is 10.4. The highest BCUT2D eigenvalue weighted by atomic mass is 32.2. The first-order valence-corrected chi connectivity index (χ1v) is 10.5. The molecule has 6 heteroatoms. The third-order valence-corrected chi connectivity index (χ3v) is 5.37. The number of aromatic nitrogens is 3. The summed E-state index contributed by atoms with van der Waals surface area (Å²) in [5, 5.41) is 12.5. The van der Waals surface area contributed by atoms with Gasteiger partial charge in [-0.15, -0.1) is 10.2 Å². The predicted octanol–water partition coefficient (Wildman–Crippen LogP) is 4.45. The maximum Gasteiger partial charge on any atom is 0.230 e. The van der Waals surface area contributed by atoms with Crippen LogP contribution in [0.4, 0.5) is 0 Å². The zero-order chi connectivity index (χ0) is 18.9. The van der Waals surface area contributed by atoms with Gasteiger partial charge in [-0.1, -0.05) is 62.2 Å². The van der Waals surface area contributed by atoms with Crippen molar-refractivity contribution in [3.05, 3.63) is 29.8 Å². The lowest BCUT2D eigenvalue weighted by atomic mass is 10.1. The Morgan fingerprint density at radius 3 is 2.69 bits per heavy atom. The van der Waals surface area contributed by atoms with E-state index in [0.717, 1.165) is 35.9 Å². The maximum absolute atomic E-state index is 12.2. The summed E-state index contributed by atoms with van der Waals surface area (Å²) in [5.74, 6) is 1.29. The van der Waals surface area contributed by atoms with Crippen molar-refractivity contribution >= 4 is 17.7 Å². The topological polar surface area (TPSA) is 59.8 Å². The van der Waals surface area contributed by atoms with E-state index in [1.807, 2.05) is 12.1 Å². The first-order chi connectivity index (χ1) is 12.6. The lowest BCUT2D eigenvalue weighted by Crippen LogP contribution is -2.33. The Bertz CT molecular complexity index is 714. The van der Waals surface area contributed by atoms with Crippen molar-refractivity contribution in [3.63, 3.8) is 0 Å². The van der Waals surface area contributed by atoms with Crippen molar-refractivity contribution in [2.24, 2.45) is 0 Å². The molecule has 1 heterocycles. The minimum Gasteiger partial charge on any atom is -0.353 e. The molecule has 0 aliphatic heterocycles. The van der Waals surface area contributed by atoms with Crippen molar-refractivity contribution < 1.29 is 4.79 Å². The molecule has 0 saturated carbocycles. The molecule has 0 spiro atoms. The van der Waals surface area contributed by atoms with Crippen LogP contribution in [0.15, 0.2) is 29.4 Å². The second-order valence-electron chi connectivity index (χ2n) is 6.62. The van der Waals surface area contributed by atoms with Crippen molar-refractivity contribution in [3.8, 4) is 11.4 Å². The molecule has 26 heavy (non-hydrogen) atoms. The molecule has 0 radical (unpaired) electrons. The number of carbonyl (C=O) groups is 1. The highest BCUT2D eigenvalue weighted by Crippen LogP contribution is 2.26. The van der Waals surface area contributed by atoms with Gasteiger partial charge in [-0.3, -0.25) is 4.79 Å². The van der Waals surface area contributed by atoms with Gasteiger partial charge in [0.15, 0.2) is 11.0 Å². The summed E-state index contributed by atoms with van der Waals surface area (Å²) < 4.78 is 2.07. The summed E-state index contributed by atoms with van der Waals surface area (Å²) in [4.78, 5) is 12.2. The van der Waals surface area contributed by atoms with E-state index in [-0.39, 0.29) is 11.9 Å². The molecule has 2 rings (SSSR count). The third kappa shape index (κ3) is 5.59. The average Bonchev–Trinajstić information content (AvgIpc) is 3.03. The Hall–Kier alpha value is -1.82. The first kappa shape index (κ1) is 20.5. The lowest BCUT2D eigenvalue weighted by Gasteiger charge is -2.13. The van der Waals surface area contributed by atoms with Crippen LogP contribution in [0.3, 0.4) is 0 Å². The molecule has 0 saturated heterocycles. The number of aryl methyl sites for hydroxylation is 1. The number of thioether (sulfide) groups is 1. The van der Waals surface area contributed by atoms with E-state index in [1.54, 1.807) is 0 Å². The van der Waals surface area contributed by atoms with E-state index >= 15 is 0 Å². The van der Waals surface area contributed by atoms with Crippen molar-refractivity contribution in [1.82, 2.24) is 20.1 Å². The van der Waals surface area contributed by atoms with Crippen LogP contribution in [0.1, 0.15) is 52.0 Å². The van der Waals surface area contributed by atoms with E-state index in [9.17, 15) is 4.79 Å². The fourth-order valence-corrected chi connectivity index (χ4v) is 3.74. The van der Waals surface area contributed by atoms with Crippen LogP contribution in [0, 0.1) is 6.92 Å². The van der Waals surface area contributed by atoms with Gasteiger partial charge in [0.05, 0.1) is 5.75 Å². The largest absolute Gasteiger partial charge is 0.353 e. The molecule has 0 unspecified atom stereocenters. The molecule has 1 amide bonds. The number of nitrogens with one attached hydrogen (secondary N) is 1. The number of benzene rings is 1. The summed E-state index contributed by atoms with van der Waals surface area (Å²) in [7, 11) is 0. The van der Waals surface area contributed by atoms with Gasteiger partial charge in [-0.2, -0.15) is 0 Å². The summed E-state index contributed by atoms with van der Waals surface area (Å²) in [6.07, 6.45) is 4.62. The minimum atomic E-state index is 0.0575. The molecule has 0 aliphatic rings. The molecule has 0 aliphatic carbocycles. The summed E-state index contributed by atoms with van der Waals surface area (Å²) in [5.41, 5.74) is 2.26. The van der Waals surface area contributed by atoms with E-state index < -0.39 is 0 Å². The fraction of sp³-hybridized carbons (Fsp3) is 0.550. The van der Waals surface area contributed by atoms with Gasteiger partial charge in [0.1, 0.15) is 0 Å². The van der Waals surface area contributed by atoms with Crippen molar-refractivity contribution in [2.75, 3.05) is 5.75 Å². The fourth-order valence-electron chi connectivity index (χ4n) is 2.92. The Morgan fingerprint density at radius 2 is 2.00 bits per heavy atom. The van der Waals surface area contributed by atoms with Crippen LogP contribution >= 0.6 is 11.8 Å². The Labute approximate surface area is 161 Å². The lowest BCUT2D eigenvalue weighted by molar-refractivity contribution is -0.119. The minimum absolute atomic E-state index is 0.0575. The maximum atomic E-state index is 12.2. The third-order valence-electron chi connectivity index (χ3n) is 4.40. The molecule has 2 aromatic rings. The van der Waals surface area contributed by atoms with E-state index in [2.05, 4.69) is 59.9 Å². The predicted molar refractivity (Wildman–Crippen MR) is 108 cm³/mol. The van der Waals surface area contributed by atoms with E-state index in [4.69, 9.17) is 0 Å². The number of unbranched alkanes of at least 4 members (excludes halogenated alkanes) is 2. The van der Waals surface area contributed by atoms with Gasteiger partial charge in [-0.25, -0.2) is 0 Å². The Morgan fingerprint density at radius 1 is 1.23 bits per heavy atom. The highest BCUT2D eigenvalue weighted by molar-refractivity contribution is 7.99. The van der Waals surface area contributed by atoms with Gasteiger partial charge >= 0.3 is 0 Å². The van der Waals surface area contributed by atoms with Gasteiger partial charge < -0.3 is 9.88 Å². The normalized spacial score (nSPS) is 12.2. The zero-order valence-electron chi connectivity index (χ0n) is 16.3. The molecular formula is C20H30N4OS. The standard InChI is InChI=1S/C20H30N4OS/c1-5-7-8-12-16(4)21-18(25)14-26-20-23-22-19(24(20)6-2)17-13-10-9-11-15(17)3/h9-11,13,16H,5-8,12,14H2,1-4H3,(H,21,25)/t16-/m0/s1. The summed E-state index contributed by atoms with van der Waals surface area (Å²) in [6, 6.07) is 8.39. The van der Waals surface area contributed by atoms with Gasteiger partial charge in [0.2, 0.25) is 5.91 Å². The van der Waals surface area contributed by atoms with Gasteiger partial charge in [-0.05, 0) is 32.8 Å². The van der Waals surface area contributed by atoms with Crippen LogP contribution in [0.5, 0.6) is 0 Å². The average molecular weight is 375 g/mol. The zero-order valence-corrected chi connectivity index (χ0v) is 17.1. The number of carbonyl (C=O) groups excluding carboxylic acids is 1. The van der Waals surface area contributed by atoms with Gasteiger partial charge in [0.25, 0.3) is 0 Å². The quantitative estimate of drug-likeness (QED) is 0.493. The molecule has 1 aromatic heterocycles. The SMILES string of the molecule is CCCCC[C@H](C)NC(=O)CSc1nnc(-c2ccccc2C)n1CC. The van der Waals surface area contributed by atoms with Crippen LogP contribution in [0.2, 0.25) is 0 Å². The molecule has 142 valence electrons. The molecule has 1 atom stereocenters. The summed E-state index contributed by atoms with van der Waals surface area (Å²) >= 11 is 1.45. The smallest absolute Gasteiger partial charge is 0.230 e. The summed E-state index contributed by atoms with van der Waals surface area (Å²) in [6.45, 7) is 9.18. The van der Waals surface area contributed by atoms with E-state index in [0.29, 0.717) is 5.75 Å². The molecular weight excluding hydrogens is 344 g/mol. The van der Waals surface area contributed by atoms with Crippen molar-refractivity contribution in [1.29, 1.82) is 0 Å². The van der Waals surface area contributed by atoms with Crippen molar-refractivity contribution in [2.45, 2.75) is 71.1 Å². The number of amides is 1. The molecule has 0 bridgehead atoms. The number of nitrogens with zero attached hydrogens (tertiary/aromatic N) is 3. The monoisotopic (exact) mass is 374 g/mol. The second-order valence-corrected chi connectivity index (χ2v) is 7.56. The highest BCUT2D eigenvalue weighted by Gasteiger charge is 2.16. The molecule has 0 fully saturated rings. The Balaban J connectivity index is 1.96. The van der Waals surface area contributed by atoms with Gasteiger partial charge in [0, 0.05) is 18.2 Å². The van der Waals surface area contributed by atoms with E-state index in [1.165, 1.54) is 30.2 Å². The molecule has 5 nitrogen and oxygen atoms in total. The van der Waals surface area contributed by atoms with Crippen LogP contribution in [-0.2, 0) is 11.3 Å². The van der Waals surface area contributed by atoms with Crippen LogP contribution < -0.4 is 5.32 Å². The molecule has 1 aromatic carbocycles.